The number of nitrogens with one attached hydrogen (secondary N) is 2. The molecule has 1 atom stereocenters. The molecule has 3 rings (SSSR count). The molecule has 0 bridgehead atoms. The van der Waals surface area contributed by atoms with Gasteiger partial charge in [-0.2, -0.15) is 0 Å². The Labute approximate surface area is 156 Å². The van der Waals surface area contributed by atoms with E-state index in [2.05, 4.69) is 20.5 Å². The van der Waals surface area contributed by atoms with E-state index in [1.807, 2.05) is 38.2 Å². The number of amides is 1. The second-order valence-electron chi connectivity index (χ2n) is 7.33. The number of carbonyl (C=O) groups excluding carboxylic acids is 1. The Morgan fingerprint density at radius 2 is 2.23 bits per heavy atom. The van der Waals surface area contributed by atoms with Gasteiger partial charge in [-0.15, -0.1) is 0 Å². The molecule has 2 aliphatic rings. The van der Waals surface area contributed by atoms with Gasteiger partial charge in [-0.1, -0.05) is 19.1 Å². The van der Waals surface area contributed by atoms with Gasteiger partial charge in [-0.05, 0) is 37.0 Å². The van der Waals surface area contributed by atoms with Crippen molar-refractivity contribution in [1.82, 2.24) is 15.5 Å². The molecule has 0 radical (unpaired) electrons. The fourth-order valence-electron chi connectivity index (χ4n) is 3.76. The Kier molecular flexibility index (Phi) is 6.14. The van der Waals surface area contributed by atoms with E-state index in [4.69, 9.17) is 4.74 Å². The van der Waals surface area contributed by atoms with Gasteiger partial charge in [0, 0.05) is 50.8 Å². The maximum Gasteiger partial charge on any atom is 0.251 e. The van der Waals surface area contributed by atoms with Crippen LogP contribution in [0.4, 0.5) is 0 Å². The third-order valence-electron chi connectivity index (χ3n) is 5.31. The predicted octanol–water partition coefficient (Wildman–Crippen LogP) is 2.01. The lowest BCUT2D eigenvalue weighted by molar-refractivity contribution is 0.0953. The van der Waals surface area contributed by atoms with E-state index >= 15 is 0 Å². The largest absolute Gasteiger partial charge is 0.381 e. The van der Waals surface area contributed by atoms with Crippen molar-refractivity contribution in [3.63, 3.8) is 0 Å². The monoisotopic (exact) mass is 358 g/mol. The molecule has 26 heavy (non-hydrogen) atoms. The number of rotatable bonds is 5. The van der Waals surface area contributed by atoms with Crippen LogP contribution in [0.5, 0.6) is 0 Å². The molecule has 0 aliphatic carbocycles. The van der Waals surface area contributed by atoms with Crippen LogP contribution in [0.2, 0.25) is 0 Å². The van der Waals surface area contributed by atoms with Crippen molar-refractivity contribution < 1.29 is 9.53 Å². The van der Waals surface area contributed by atoms with Crippen LogP contribution in [0, 0.1) is 5.41 Å². The van der Waals surface area contributed by atoms with E-state index in [9.17, 15) is 4.79 Å². The van der Waals surface area contributed by atoms with Crippen LogP contribution in [0.3, 0.4) is 0 Å². The Morgan fingerprint density at radius 3 is 2.96 bits per heavy atom. The minimum absolute atomic E-state index is 0.0131. The highest BCUT2D eigenvalue weighted by molar-refractivity contribution is 5.94. The van der Waals surface area contributed by atoms with Crippen molar-refractivity contribution in [2.75, 3.05) is 39.9 Å². The molecule has 2 fully saturated rings. The second-order valence-corrected chi connectivity index (χ2v) is 7.33. The van der Waals surface area contributed by atoms with Crippen LogP contribution in [0.25, 0.3) is 0 Å². The summed E-state index contributed by atoms with van der Waals surface area (Å²) in [7, 11) is 1.83. The number of ether oxygens (including phenoxy) is 1. The minimum atomic E-state index is -0.0131. The summed E-state index contributed by atoms with van der Waals surface area (Å²) in [5.74, 6) is 0.912. The van der Waals surface area contributed by atoms with E-state index in [1.54, 1.807) is 0 Å². The topological polar surface area (TPSA) is 66.0 Å². The summed E-state index contributed by atoms with van der Waals surface area (Å²) in [6.07, 6.45) is 3.25. The quantitative estimate of drug-likeness (QED) is 0.624. The number of likely N-dealkylation sites (tertiary alicyclic amines) is 1. The number of guanidine groups is 1. The number of hydrogen-bond donors (Lipinski definition) is 2. The molecule has 2 N–H and O–H groups in total. The molecule has 2 aliphatic heterocycles. The van der Waals surface area contributed by atoms with Gasteiger partial charge in [0.25, 0.3) is 5.91 Å². The zero-order valence-corrected chi connectivity index (χ0v) is 15.9. The second kappa shape index (κ2) is 8.54. The summed E-state index contributed by atoms with van der Waals surface area (Å²) in [6.45, 7) is 7.18. The number of carbonyl (C=O) groups is 1. The van der Waals surface area contributed by atoms with Crippen LogP contribution in [0.15, 0.2) is 29.3 Å². The lowest BCUT2D eigenvalue weighted by Crippen LogP contribution is -2.41. The van der Waals surface area contributed by atoms with Crippen LogP contribution < -0.4 is 10.6 Å². The molecule has 0 aromatic heterocycles. The molecule has 1 amide bonds. The first-order valence-corrected chi connectivity index (χ1v) is 9.56. The summed E-state index contributed by atoms with van der Waals surface area (Å²) >= 11 is 0. The van der Waals surface area contributed by atoms with E-state index in [1.165, 1.54) is 6.42 Å². The summed E-state index contributed by atoms with van der Waals surface area (Å²) < 4.78 is 5.61. The van der Waals surface area contributed by atoms with Crippen molar-refractivity contribution in [3.05, 3.63) is 35.4 Å². The van der Waals surface area contributed by atoms with Gasteiger partial charge >= 0.3 is 0 Å². The highest BCUT2D eigenvalue weighted by Gasteiger charge is 2.42. The molecule has 1 spiro atoms. The van der Waals surface area contributed by atoms with E-state index < -0.39 is 0 Å². The highest BCUT2D eigenvalue weighted by Crippen LogP contribution is 2.38. The van der Waals surface area contributed by atoms with Gasteiger partial charge in [0.15, 0.2) is 5.96 Å². The van der Waals surface area contributed by atoms with Crippen molar-refractivity contribution in [2.24, 2.45) is 10.4 Å². The van der Waals surface area contributed by atoms with Crippen molar-refractivity contribution in [1.29, 1.82) is 0 Å². The van der Waals surface area contributed by atoms with Gasteiger partial charge in [0.2, 0.25) is 0 Å². The Balaban J connectivity index is 1.56. The molecular weight excluding hydrogens is 328 g/mol. The fraction of sp³-hybridized carbons (Fsp3) is 0.600. The van der Waals surface area contributed by atoms with Crippen LogP contribution in [0.1, 0.15) is 42.1 Å². The molecular formula is C20H30N4O2. The molecule has 1 aromatic carbocycles. The molecule has 1 unspecified atom stereocenters. The summed E-state index contributed by atoms with van der Waals surface area (Å²) in [5.41, 5.74) is 2.10. The van der Waals surface area contributed by atoms with E-state index in [0.29, 0.717) is 24.1 Å². The minimum Gasteiger partial charge on any atom is -0.381 e. The first-order valence-electron chi connectivity index (χ1n) is 9.56. The van der Waals surface area contributed by atoms with Crippen molar-refractivity contribution in [2.45, 2.75) is 32.7 Å². The normalized spacial score (nSPS) is 22.8. The highest BCUT2D eigenvalue weighted by atomic mass is 16.5. The molecule has 2 heterocycles. The van der Waals surface area contributed by atoms with Gasteiger partial charge < -0.3 is 20.3 Å². The summed E-state index contributed by atoms with van der Waals surface area (Å²) in [4.78, 5) is 18.9. The first-order chi connectivity index (χ1) is 12.7. The van der Waals surface area contributed by atoms with Crippen LogP contribution in [-0.2, 0) is 11.3 Å². The Hall–Kier alpha value is -2.08. The number of nitrogens with zero attached hydrogens (tertiary/aromatic N) is 2. The first kappa shape index (κ1) is 18.7. The van der Waals surface area contributed by atoms with Crippen molar-refractivity contribution in [3.8, 4) is 0 Å². The number of aliphatic imine (C=N–C) groups is 1. The maximum atomic E-state index is 12.1. The van der Waals surface area contributed by atoms with Gasteiger partial charge in [-0.3, -0.25) is 9.79 Å². The average Bonchev–Trinajstić information content (AvgIpc) is 3.30. The molecule has 6 heteroatoms. The Morgan fingerprint density at radius 1 is 1.35 bits per heavy atom. The Bertz CT molecular complexity index is 653. The van der Waals surface area contributed by atoms with Gasteiger partial charge in [0.1, 0.15) is 0 Å². The summed E-state index contributed by atoms with van der Waals surface area (Å²) in [6, 6.07) is 7.77. The third-order valence-corrected chi connectivity index (χ3v) is 5.31. The molecule has 1 aromatic rings. The lowest BCUT2D eigenvalue weighted by atomic mass is 9.87. The van der Waals surface area contributed by atoms with Gasteiger partial charge in [-0.25, -0.2) is 0 Å². The number of hydrogen-bond acceptors (Lipinski definition) is 3. The van der Waals surface area contributed by atoms with Gasteiger partial charge in [0.05, 0.1) is 6.61 Å². The lowest BCUT2D eigenvalue weighted by Gasteiger charge is -2.25. The summed E-state index contributed by atoms with van der Waals surface area (Å²) in [5, 5.41) is 6.37. The SMILES string of the molecule is CCCNC(=O)c1cccc(CNC(=NC)N2CCC3(CCOC3)C2)c1. The maximum absolute atomic E-state index is 12.1. The molecule has 0 saturated carbocycles. The van der Waals surface area contributed by atoms with Crippen LogP contribution in [-0.4, -0.2) is 56.7 Å². The third kappa shape index (κ3) is 4.36. The standard InChI is InChI=1S/C20H30N4O2/c1-3-9-22-18(25)17-6-4-5-16(12-17)13-23-19(21-2)24-10-7-20(14-24)8-11-26-15-20/h4-6,12H,3,7-11,13-15H2,1-2H3,(H,21,23)(H,22,25). The number of benzene rings is 1. The van der Waals surface area contributed by atoms with E-state index in [0.717, 1.165) is 50.7 Å². The van der Waals surface area contributed by atoms with Crippen molar-refractivity contribution >= 4 is 11.9 Å². The molecule has 142 valence electrons. The fourth-order valence-corrected chi connectivity index (χ4v) is 3.76. The molecule has 2 saturated heterocycles. The average molecular weight is 358 g/mol. The van der Waals surface area contributed by atoms with Crippen LogP contribution >= 0.6 is 0 Å². The smallest absolute Gasteiger partial charge is 0.251 e. The van der Waals surface area contributed by atoms with E-state index in [-0.39, 0.29) is 5.91 Å². The zero-order chi connectivity index (χ0) is 18.4. The zero-order valence-electron chi connectivity index (χ0n) is 15.9. The molecule has 6 nitrogen and oxygen atoms in total. The predicted molar refractivity (Wildman–Crippen MR) is 103 cm³/mol.